The molecule has 3 aromatic carbocycles. The summed E-state index contributed by atoms with van der Waals surface area (Å²) in [5.74, 6) is 0.939. The molecule has 2 aliphatic rings. The van der Waals surface area contributed by atoms with E-state index in [2.05, 4.69) is 15.3 Å². The highest BCUT2D eigenvalue weighted by molar-refractivity contribution is 5.88. The molecule has 2 fully saturated rings. The number of likely N-dealkylation sites (tertiary alicyclic amines) is 2. The van der Waals surface area contributed by atoms with Gasteiger partial charge in [0.05, 0.1) is 66.3 Å². The van der Waals surface area contributed by atoms with E-state index in [-0.39, 0.29) is 48.8 Å². The van der Waals surface area contributed by atoms with Crippen LogP contribution >= 0.6 is 0 Å². The highest BCUT2D eigenvalue weighted by atomic mass is 16.5. The Kier molecular flexibility index (Phi) is 12.9. The average molecular weight is 870 g/mol. The quantitative estimate of drug-likeness (QED) is 0.0908. The van der Waals surface area contributed by atoms with Gasteiger partial charge in [-0.15, -0.1) is 0 Å². The van der Waals surface area contributed by atoms with E-state index >= 15 is 0 Å². The second-order valence-electron chi connectivity index (χ2n) is 17.3. The van der Waals surface area contributed by atoms with Crippen molar-refractivity contribution < 1.29 is 33.4 Å². The molecule has 334 valence electrons. The monoisotopic (exact) mass is 869 g/mol. The van der Waals surface area contributed by atoms with Crippen molar-refractivity contribution >= 4 is 45.9 Å². The van der Waals surface area contributed by atoms with Gasteiger partial charge in [0.1, 0.15) is 24.3 Å². The molecule has 64 heavy (non-hydrogen) atoms. The minimum absolute atomic E-state index is 0.0326. The topological polar surface area (TPSA) is 198 Å². The Hall–Kier alpha value is -6.84. The summed E-state index contributed by atoms with van der Waals surface area (Å²) in [5, 5.41) is 2.71. The molecular formula is C48H55N9O7. The Bertz CT molecular complexity index is 2660. The minimum atomic E-state index is -0.732. The molecule has 0 spiro atoms. The standard InChI is InChI=1S/C48H55N9O7/c1-27(2)32(24-40(58)62-5)46(59)56-20-10-14-38(56)43-51-35-19-17-31(23-37(35)53-43)42-49-25-33(45(55-42)64-26-29-12-8-7-9-13-29)30-16-18-34-36(22-30)52-44(50-34)39-15-11-21-57(39)47(60)41(28(3)4)54-48(61)63-6/h7-9,12-13,16-19,22-23,25,27-28,32,38-39,41H,10-11,14-15,20-21,24,26H2,1-6H3,(H,50,52)(H,51,53)(H,54,61)/t32-,38-,39-,41-/m0/s1. The molecule has 6 aromatic rings. The number of H-pyrrole nitrogens is 2. The molecular weight excluding hydrogens is 815 g/mol. The number of aromatic nitrogens is 6. The predicted molar refractivity (Wildman–Crippen MR) is 239 cm³/mol. The van der Waals surface area contributed by atoms with Crippen LogP contribution in [0.5, 0.6) is 5.88 Å². The molecule has 16 heteroatoms. The second-order valence-corrected chi connectivity index (χ2v) is 17.3. The first-order valence-corrected chi connectivity index (χ1v) is 22.0. The lowest BCUT2D eigenvalue weighted by Crippen LogP contribution is -2.51. The van der Waals surface area contributed by atoms with E-state index in [0.29, 0.717) is 42.0 Å². The molecule has 0 radical (unpaired) electrons. The number of esters is 1. The van der Waals surface area contributed by atoms with Crippen LogP contribution in [0.4, 0.5) is 4.79 Å². The van der Waals surface area contributed by atoms with Crippen molar-refractivity contribution in [3.63, 3.8) is 0 Å². The Morgan fingerprint density at radius 1 is 0.750 bits per heavy atom. The lowest BCUT2D eigenvalue weighted by atomic mass is 9.91. The van der Waals surface area contributed by atoms with Gasteiger partial charge in [-0.3, -0.25) is 14.4 Å². The molecule has 0 aliphatic carbocycles. The number of imidazole rings is 2. The van der Waals surface area contributed by atoms with Crippen molar-refractivity contribution in [2.75, 3.05) is 27.3 Å². The number of amides is 3. The third-order valence-electron chi connectivity index (χ3n) is 12.4. The maximum Gasteiger partial charge on any atom is 0.407 e. The molecule has 2 saturated heterocycles. The fraction of sp³-hybridized carbons (Fsp3) is 0.417. The largest absolute Gasteiger partial charge is 0.472 e. The van der Waals surface area contributed by atoms with Crippen LogP contribution in [-0.2, 0) is 30.5 Å². The molecule has 0 bridgehead atoms. The van der Waals surface area contributed by atoms with Crippen LogP contribution in [0, 0.1) is 17.8 Å². The fourth-order valence-corrected chi connectivity index (χ4v) is 8.81. The van der Waals surface area contributed by atoms with Crippen molar-refractivity contribution in [3.8, 4) is 28.4 Å². The van der Waals surface area contributed by atoms with Crippen LogP contribution in [0.1, 0.15) is 89.1 Å². The van der Waals surface area contributed by atoms with Crippen molar-refractivity contribution in [1.29, 1.82) is 0 Å². The van der Waals surface area contributed by atoms with Crippen LogP contribution in [0.2, 0.25) is 0 Å². The van der Waals surface area contributed by atoms with Gasteiger partial charge in [0, 0.05) is 24.8 Å². The van der Waals surface area contributed by atoms with Gasteiger partial charge in [0.2, 0.25) is 17.7 Å². The fourth-order valence-electron chi connectivity index (χ4n) is 8.81. The van der Waals surface area contributed by atoms with E-state index in [9.17, 15) is 19.2 Å². The lowest BCUT2D eigenvalue weighted by Gasteiger charge is -2.29. The molecule has 3 N–H and O–H groups in total. The summed E-state index contributed by atoms with van der Waals surface area (Å²) in [7, 11) is 2.63. The molecule has 4 atom stereocenters. The maximum absolute atomic E-state index is 13.8. The number of nitrogens with zero attached hydrogens (tertiary/aromatic N) is 6. The van der Waals surface area contributed by atoms with Gasteiger partial charge in [-0.25, -0.2) is 19.7 Å². The number of fused-ring (bicyclic) bond motifs is 2. The van der Waals surface area contributed by atoms with E-state index in [0.717, 1.165) is 64.4 Å². The normalized spacial score (nSPS) is 17.3. The molecule has 0 unspecified atom stereocenters. The van der Waals surface area contributed by atoms with Crippen LogP contribution in [0.25, 0.3) is 44.6 Å². The maximum atomic E-state index is 13.8. The van der Waals surface area contributed by atoms with Gasteiger partial charge < -0.3 is 39.3 Å². The Morgan fingerprint density at radius 3 is 1.95 bits per heavy atom. The van der Waals surface area contributed by atoms with E-state index in [1.165, 1.54) is 14.2 Å². The first kappa shape index (κ1) is 43.8. The number of ether oxygens (including phenoxy) is 3. The summed E-state index contributed by atoms with van der Waals surface area (Å²) in [5.41, 5.74) is 6.29. The van der Waals surface area contributed by atoms with E-state index in [4.69, 9.17) is 34.1 Å². The van der Waals surface area contributed by atoms with Crippen LogP contribution < -0.4 is 10.1 Å². The molecule has 3 aromatic heterocycles. The number of rotatable bonds is 14. The Labute approximate surface area is 371 Å². The second kappa shape index (κ2) is 18.9. The third-order valence-corrected chi connectivity index (χ3v) is 12.4. The zero-order valence-corrected chi connectivity index (χ0v) is 37.1. The summed E-state index contributed by atoms with van der Waals surface area (Å²) >= 11 is 0. The average Bonchev–Trinajstić information content (AvgIpc) is 4.14. The number of benzene rings is 3. The number of hydrogen-bond acceptors (Lipinski definition) is 11. The molecule has 2 aliphatic heterocycles. The first-order chi connectivity index (χ1) is 30.9. The number of methoxy groups -OCH3 is 2. The number of nitrogens with one attached hydrogen (secondary N) is 3. The summed E-state index contributed by atoms with van der Waals surface area (Å²) in [6.45, 7) is 9.12. The van der Waals surface area contributed by atoms with Gasteiger partial charge in [-0.05, 0) is 79.0 Å². The SMILES string of the molecule is COC(=O)C[C@H](C(=O)N1CCC[C@H]1c1nc2ccc(-c3ncc(-c4ccc5nc([C@@H]6CCCN6C(=O)[C@@H](NC(=O)OC)C(C)C)[nH]c5c4)c(OCc4ccccc4)n3)cc2[nH]1)C(C)C. The molecule has 3 amide bonds. The molecule has 16 nitrogen and oxygen atoms in total. The smallest absolute Gasteiger partial charge is 0.407 e. The van der Waals surface area contributed by atoms with Crippen molar-refractivity contribution in [2.24, 2.45) is 17.8 Å². The first-order valence-electron chi connectivity index (χ1n) is 22.0. The van der Waals surface area contributed by atoms with Gasteiger partial charge in [0.15, 0.2) is 5.82 Å². The summed E-state index contributed by atoms with van der Waals surface area (Å²) in [6, 6.07) is 20.3. The number of aromatic amines is 2. The summed E-state index contributed by atoms with van der Waals surface area (Å²) in [4.78, 5) is 82.2. The minimum Gasteiger partial charge on any atom is -0.472 e. The van der Waals surface area contributed by atoms with E-state index < -0.39 is 24.0 Å². The van der Waals surface area contributed by atoms with Gasteiger partial charge in [-0.2, -0.15) is 4.98 Å². The third kappa shape index (κ3) is 9.13. The number of carbonyl (C=O) groups is 4. The number of hydrogen-bond donors (Lipinski definition) is 3. The molecule has 0 saturated carbocycles. The number of alkyl carbamates (subject to hydrolysis) is 1. The molecule has 8 rings (SSSR count). The Morgan fingerprint density at radius 2 is 1.36 bits per heavy atom. The van der Waals surface area contributed by atoms with Crippen molar-refractivity contribution in [3.05, 3.63) is 90.1 Å². The van der Waals surface area contributed by atoms with E-state index in [1.807, 2.05) is 99.3 Å². The zero-order chi connectivity index (χ0) is 45.1. The van der Waals surface area contributed by atoms with Gasteiger partial charge in [0.25, 0.3) is 0 Å². The van der Waals surface area contributed by atoms with Crippen LogP contribution in [0.15, 0.2) is 72.9 Å². The predicted octanol–water partition coefficient (Wildman–Crippen LogP) is 7.69. The van der Waals surface area contributed by atoms with Crippen LogP contribution in [0.3, 0.4) is 0 Å². The van der Waals surface area contributed by atoms with Gasteiger partial charge >= 0.3 is 12.1 Å². The summed E-state index contributed by atoms with van der Waals surface area (Å²) < 4.78 is 16.2. The highest BCUT2D eigenvalue weighted by Gasteiger charge is 2.39. The van der Waals surface area contributed by atoms with Crippen molar-refractivity contribution in [1.82, 2.24) is 45.0 Å². The lowest BCUT2D eigenvalue weighted by molar-refractivity contribution is -0.148. The zero-order valence-electron chi connectivity index (χ0n) is 37.1. The Balaban J connectivity index is 1.07. The highest BCUT2D eigenvalue weighted by Crippen LogP contribution is 2.38. The summed E-state index contributed by atoms with van der Waals surface area (Å²) in [6.07, 6.45) is 4.29. The van der Waals surface area contributed by atoms with Crippen molar-refractivity contribution in [2.45, 2.75) is 84.5 Å². The van der Waals surface area contributed by atoms with Gasteiger partial charge in [-0.1, -0.05) is 64.1 Å². The number of carbonyl (C=O) groups excluding carboxylic acids is 4. The molecule has 5 heterocycles. The van der Waals surface area contributed by atoms with Crippen LogP contribution in [-0.4, -0.2) is 96.9 Å². The van der Waals surface area contributed by atoms with E-state index in [1.54, 1.807) is 11.1 Å².